The summed E-state index contributed by atoms with van der Waals surface area (Å²) in [4.78, 5) is 11.3. The number of carbonyl (C=O) groups is 1. The van der Waals surface area contributed by atoms with Gasteiger partial charge in [-0.05, 0) is 29.3 Å². The van der Waals surface area contributed by atoms with Crippen molar-refractivity contribution in [2.24, 2.45) is 5.73 Å². The summed E-state index contributed by atoms with van der Waals surface area (Å²) >= 11 is 5.53. The van der Waals surface area contributed by atoms with Crippen LogP contribution in [0.3, 0.4) is 0 Å². The zero-order chi connectivity index (χ0) is 15.1. The van der Waals surface area contributed by atoms with E-state index in [9.17, 15) is 13.6 Å². The highest BCUT2D eigenvalue weighted by Crippen LogP contribution is 2.30. The number of amides is 1. The highest BCUT2D eigenvalue weighted by molar-refractivity contribution is 6.30. The third-order valence-electron chi connectivity index (χ3n) is 3.49. The lowest BCUT2D eigenvalue weighted by molar-refractivity contribution is -0.115. The Morgan fingerprint density at radius 3 is 2.71 bits per heavy atom. The molecule has 2 aromatic rings. The molecular formula is C15H11ClF2N2O. The van der Waals surface area contributed by atoms with Gasteiger partial charge in [0.2, 0.25) is 5.91 Å². The molecule has 3 nitrogen and oxygen atoms in total. The summed E-state index contributed by atoms with van der Waals surface area (Å²) in [5.41, 5.74) is 8.15. The molecule has 0 aromatic heterocycles. The molecule has 0 fully saturated rings. The predicted octanol–water partition coefficient (Wildman–Crippen LogP) is 3.16. The second-order valence-corrected chi connectivity index (χ2v) is 5.31. The molecule has 1 aliphatic rings. The molecule has 3 rings (SSSR count). The molecule has 108 valence electrons. The number of nitrogens with one attached hydrogen (secondary N) is 1. The molecule has 0 spiro atoms. The predicted molar refractivity (Wildman–Crippen MR) is 76.2 cm³/mol. The van der Waals surface area contributed by atoms with Gasteiger partial charge in [-0.25, -0.2) is 8.78 Å². The minimum Gasteiger partial charge on any atom is -0.326 e. The minimum absolute atomic E-state index is 0.0223. The second kappa shape index (κ2) is 5.09. The van der Waals surface area contributed by atoms with Crippen LogP contribution in [0.25, 0.3) is 0 Å². The summed E-state index contributed by atoms with van der Waals surface area (Å²) in [6.07, 6.45) is 0.257. The molecule has 1 atom stereocenters. The number of nitrogens with two attached hydrogens (primary N) is 1. The van der Waals surface area contributed by atoms with Crippen LogP contribution in [-0.4, -0.2) is 5.91 Å². The van der Waals surface area contributed by atoms with E-state index < -0.39 is 17.7 Å². The molecule has 1 amide bonds. The van der Waals surface area contributed by atoms with E-state index in [1.54, 1.807) is 18.2 Å². The van der Waals surface area contributed by atoms with Crippen molar-refractivity contribution in [2.75, 3.05) is 5.32 Å². The average molecular weight is 309 g/mol. The molecule has 2 aromatic carbocycles. The van der Waals surface area contributed by atoms with Gasteiger partial charge < -0.3 is 11.1 Å². The Hall–Kier alpha value is -1.98. The van der Waals surface area contributed by atoms with E-state index in [2.05, 4.69) is 5.32 Å². The average Bonchev–Trinajstić information content (AvgIpc) is 2.81. The largest absolute Gasteiger partial charge is 0.326 e. The third kappa shape index (κ3) is 2.50. The number of halogens is 3. The second-order valence-electron chi connectivity index (χ2n) is 4.91. The van der Waals surface area contributed by atoms with Crippen molar-refractivity contribution in [3.63, 3.8) is 0 Å². The zero-order valence-electron chi connectivity index (χ0n) is 10.8. The summed E-state index contributed by atoms with van der Waals surface area (Å²) < 4.78 is 27.4. The van der Waals surface area contributed by atoms with Crippen molar-refractivity contribution in [3.8, 4) is 0 Å². The van der Waals surface area contributed by atoms with E-state index in [1.165, 1.54) is 0 Å². The van der Waals surface area contributed by atoms with Crippen molar-refractivity contribution in [1.82, 2.24) is 0 Å². The topological polar surface area (TPSA) is 55.1 Å². The van der Waals surface area contributed by atoms with Crippen LogP contribution in [0, 0.1) is 11.6 Å². The lowest BCUT2D eigenvalue weighted by atomic mass is 9.96. The Morgan fingerprint density at radius 2 is 1.95 bits per heavy atom. The number of anilines is 1. The number of hydrogen-bond acceptors (Lipinski definition) is 2. The number of rotatable bonds is 2. The number of benzene rings is 2. The number of carbonyl (C=O) groups excluding carboxylic acids is 1. The molecular weight excluding hydrogens is 298 g/mol. The summed E-state index contributed by atoms with van der Waals surface area (Å²) in [7, 11) is 0. The van der Waals surface area contributed by atoms with Gasteiger partial charge >= 0.3 is 0 Å². The van der Waals surface area contributed by atoms with Crippen LogP contribution in [-0.2, 0) is 11.2 Å². The van der Waals surface area contributed by atoms with Crippen molar-refractivity contribution in [3.05, 3.63) is 63.7 Å². The molecule has 0 bridgehead atoms. The standard InChI is InChI=1S/C15H11ClF2N2O/c16-10-6-11(17)9(5-12(10)18)15(19)7-1-2-13-8(3-7)4-14(21)20-13/h1-3,5-6,15H,4,19H2,(H,20,21). The van der Waals surface area contributed by atoms with Crippen LogP contribution in [0.2, 0.25) is 5.02 Å². The van der Waals surface area contributed by atoms with E-state index in [4.69, 9.17) is 17.3 Å². The van der Waals surface area contributed by atoms with Gasteiger partial charge in [0.05, 0.1) is 17.5 Å². The van der Waals surface area contributed by atoms with E-state index in [0.29, 0.717) is 5.56 Å². The molecule has 3 N–H and O–H groups in total. The van der Waals surface area contributed by atoms with E-state index >= 15 is 0 Å². The van der Waals surface area contributed by atoms with Gasteiger partial charge in [-0.1, -0.05) is 23.7 Å². The number of fused-ring (bicyclic) bond motifs is 1. The Kier molecular flexibility index (Phi) is 3.39. The maximum atomic E-state index is 13.9. The summed E-state index contributed by atoms with van der Waals surface area (Å²) in [5.74, 6) is -1.48. The molecule has 0 radical (unpaired) electrons. The first-order chi connectivity index (χ1) is 9.95. The van der Waals surface area contributed by atoms with Crippen LogP contribution < -0.4 is 11.1 Å². The first kappa shape index (κ1) is 14.0. The Bertz CT molecular complexity index is 749. The zero-order valence-corrected chi connectivity index (χ0v) is 11.5. The molecule has 21 heavy (non-hydrogen) atoms. The summed E-state index contributed by atoms with van der Waals surface area (Å²) in [6, 6.07) is 6.19. The van der Waals surface area contributed by atoms with E-state index in [-0.39, 0.29) is 22.9 Å². The molecule has 6 heteroatoms. The van der Waals surface area contributed by atoms with Crippen molar-refractivity contribution < 1.29 is 13.6 Å². The van der Waals surface area contributed by atoms with Gasteiger partial charge in [-0.15, -0.1) is 0 Å². The fraction of sp³-hybridized carbons (Fsp3) is 0.133. The van der Waals surface area contributed by atoms with Crippen molar-refractivity contribution in [2.45, 2.75) is 12.5 Å². The van der Waals surface area contributed by atoms with Gasteiger partial charge in [0.15, 0.2) is 0 Å². The Balaban J connectivity index is 2.00. The molecule has 0 aliphatic carbocycles. The maximum Gasteiger partial charge on any atom is 0.228 e. The smallest absolute Gasteiger partial charge is 0.228 e. The van der Waals surface area contributed by atoms with Crippen LogP contribution in [0.4, 0.5) is 14.5 Å². The third-order valence-corrected chi connectivity index (χ3v) is 3.78. The highest BCUT2D eigenvalue weighted by Gasteiger charge is 2.21. The van der Waals surface area contributed by atoms with Gasteiger partial charge in [0.25, 0.3) is 0 Å². The van der Waals surface area contributed by atoms with Crippen LogP contribution in [0.15, 0.2) is 30.3 Å². The summed E-state index contributed by atoms with van der Waals surface area (Å²) in [5, 5.41) is 2.41. The first-order valence-electron chi connectivity index (χ1n) is 6.28. The fourth-order valence-corrected chi connectivity index (χ4v) is 2.55. The van der Waals surface area contributed by atoms with Crippen LogP contribution in [0.5, 0.6) is 0 Å². The number of hydrogen-bond donors (Lipinski definition) is 2. The SMILES string of the molecule is NC(c1ccc2c(c1)CC(=O)N2)c1cc(F)c(Cl)cc1F. The van der Waals surface area contributed by atoms with E-state index in [0.717, 1.165) is 23.4 Å². The van der Waals surface area contributed by atoms with Gasteiger partial charge in [-0.3, -0.25) is 4.79 Å². The molecule has 0 saturated carbocycles. The molecule has 0 saturated heterocycles. The lowest BCUT2D eigenvalue weighted by Crippen LogP contribution is -2.14. The monoisotopic (exact) mass is 308 g/mol. The van der Waals surface area contributed by atoms with Crippen LogP contribution >= 0.6 is 11.6 Å². The van der Waals surface area contributed by atoms with Gasteiger partial charge in [-0.2, -0.15) is 0 Å². The molecule has 1 unspecified atom stereocenters. The molecule has 1 heterocycles. The van der Waals surface area contributed by atoms with Crippen molar-refractivity contribution >= 4 is 23.2 Å². The minimum atomic E-state index is -0.835. The lowest BCUT2D eigenvalue weighted by Gasteiger charge is -2.15. The van der Waals surface area contributed by atoms with E-state index in [1.807, 2.05) is 0 Å². The van der Waals surface area contributed by atoms with Gasteiger partial charge in [0.1, 0.15) is 11.6 Å². The Morgan fingerprint density at radius 1 is 1.19 bits per heavy atom. The highest BCUT2D eigenvalue weighted by atomic mass is 35.5. The summed E-state index contributed by atoms with van der Waals surface area (Å²) in [6.45, 7) is 0. The van der Waals surface area contributed by atoms with Gasteiger partial charge in [0, 0.05) is 11.3 Å². The fourth-order valence-electron chi connectivity index (χ4n) is 2.40. The van der Waals surface area contributed by atoms with Crippen LogP contribution in [0.1, 0.15) is 22.7 Å². The molecule has 1 aliphatic heterocycles. The quantitative estimate of drug-likeness (QED) is 0.837. The Labute approximate surface area is 124 Å². The first-order valence-corrected chi connectivity index (χ1v) is 6.66. The van der Waals surface area contributed by atoms with Crippen molar-refractivity contribution in [1.29, 1.82) is 0 Å². The maximum absolute atomic E-state index is 13.9. The normalized spacial score (nSPS) is 14.8.